The third kappa shape index (κ3) is 6.16. The second kappa shape index (κ2) is 12.5. The third-order valence-electron chi connectivity index (χ3n) is 7.82. The summed E-state index contributed by atoms with van der Waals surface area (Å²) >= 11 is 10.1. The molecule has 6 rings (SSSR count). The molecule has 2 heterocycles. The van der Waals surface area contributed by atoms with Crippen molar-refractivity contribution in [2.24, 2.45) is 5.92 Å². The molecule has 6 nitrogen and oxygen atoms in total. The van der Waals surface area contributed by atoms with Gasteiger partial charge in [-0.3, -0.25) is 4.79 Å². The topological polar surface area (TPSA) is 71.3 Å². The number of halogens is 2. The molecule has 0 bridgehead atoms. The van der Waals surface area contributed by atoms with Gasteiger partial charge in [-0.05, 0) is 57.4 Å². The molecule has 0 aliphatic heterocycles. The monoisotopic (exact) mass is 627 g/mol. The first-order valence-electron chi connectivity index (χ1n) is 14.0. The number of anilines is 1. The normalized spacial score (nSPS) is 14.3. The van der Waals surface area contributed by atoms with Crippen LogP contribution in [-0.4, -0.2) is 20.5 Å². The Morgan fingerprint density at radius 2 is 1.68 bits per heavy atom. The number of aromatic nitrogens is 3. The average molecular weight is 629 g/mol. The number of carbonyl (C=O) groups is 1. The molecule has 1 saturated carbocycles. The third-order valence-corrected chi connectivity index (χ3v) is 8.71. The Morgan fingerprint density at radius 3 is 2.46 bits per heavy atom. The van der Waals surface area contributed by atoms with Crippen LogP contribution < -0.4 is 10.6 Å². The van der Waals surface area contributed by atoms with Crippen LogP contribution in [0.15, 0.2) is 95.6 Å². The highest BCUT2D eigenvalue weighted by atomic mass is 79.9. The van der Waals surface area contributed by atoms with E-state index in [1.807, 2.05) is 54.6 Å². The maximum absolute atomic E-state index is 13.4. The van der Waals surface area contributed by atoms with Crippen molar-refractivity contribution in [3.63, 3.8) is 0 Å². The van der Waals surface area contributed by atoms with E-state index in [0.717, 1.165) is 51.1 Å². The lowest BCUT2D eigenvalue weighted by Crippen LogP contribution is -2.32. The van der Waals surface area contributed by atoms with Gasteiger partial charge in [0.1, 0.15) is 5.82 Å². The van der Waals surface area contributed by atoms with Crippen LogP contribution >= 0.6 is 27.5 Å². The van der Waals surface area contributed by atoms with E-state index in [-0.39, 0.29) is 11.8 Å². The molecule has 8 heteroatoms. The first-order chi connectivity index (χ1) is 20.1. The quantitative estimate of drug-likeness (QED) is 0.173. The smallest absolute Gasteiger partial charge is 0.228 e. The van der Waals surface area contributed by atoms with Crippen molar-refractivity contribution in [2.45, 2.75) is 44.7 Å². The van der Waals surface area contributed by atoms with E-state index in [0.29, 0.717) is 29.7 Å². The van der Waals surface area contributed by atoms with Gasteiger partial charge in [0.15, 0.2) is 5.65 Å². The molecule has 0 spiro atoms. The molecule has 2 N–H and O–H groups in total. The number of amides is 1. The molecule has 1 aliphatic rings. The van der Waals surface area contributed by atoms with Crippen molar-refractivity contribution in [1.29, 1.82) is 0 Å². The lowest BCUT2D eigenvalue weighted by Gasteiger charge is -2.23. The van der Waals surface area contributed by atoms with Crippen LogP contribution in [0.2, 0.25) is 5.02 Å². The molecule has 1 amide bonds. The first-order valence-corrected chi connectivity index (χ1v) is 15.2. The molecule has 1 aliphatic carbocycles. The molecule has 1 unspecified atom stereocenters. The van der Waals surface area contributed by atoms with Crippen LogP contribution in [0.4, 0.5) is 5.82 Å². The molecular weight excluding hydrogens is 598 g/mol. The summed E-state index contributed by atoms with van der Waals surface area (Å²) in [5.74, 6) is 1.22. The van der Waals surface area contributed by atoms with Gasteiger partial charge in [-0.2, -0.15) is 9.61 Å². The van der Waals surface area contributed by atoms with Crippen LogP contribution in [0.5, 0.6) is 0 Å². The molecule has 3 aromatic carbocycles. The van der Waals surface area contributed by atoms with E-state index in [9.17, 15) is 4.79 Å². The van der Waals surface area contributed by atoms with E-state index in [2.05, 4.69) is 62.0 Å². The summed E-state index contributed by atoms with van der Waals surface area (Å²) in [7, 11) is 0. The van der Waals surface area contributed by atoms with Gasteiger partial charge in [-0.1, -0.05) is 97.2 Å². The fourth-order valence-corrected chi connectivity index (χ4v) is 6.38. The van der Waals surface area contributed by atoms with Crippen LogP contribution in [0.25, 0.3) is 16.9 Å². The van der Waals surface area contributed by atoms with Gasteiger partial charge >= 0.3 is 0 Å². The average Bonchev–Trinajstić information content (AvgIpc) is 3.66. The van der Waals surface area contributed by atoms with Crippen molar-refractivity contribution in [3.8, 4) is 11.3 Å². The second-order valence-electron chi connectivity index (χ2n) is 10.6. The van der Waals surface area contributed by atoms with E-state index in [1.54, 1.807) is 10.7 Å². The minimum absolute atomic E-state index is 0.0987. The summed E-state index contributed by atoms with van der Waals surface area (Å²) in [5.41, 5.74) is 5.60. The second-order valence-corrected chi connectivity index (χ2v) is 11.8. The van der Waals surface area contributed by atoms with Crippen molar-refractivity contribution in [1.82, 2.24) is 19.9 Å². The molecule has 2 aromatic heterocycles. The highest BCUT2D eigenvalue weighted by molar-refractivity contribution is 9.10. The van der Waals surface area contributed by atoms with Gasteiger partial charge in [0.2, 0.25) is 5.91 Å². The number of hydrogen-bond donors (Lipinski definition) is 2. The Balaban J connectivity index is 1.17. The Morgan fingerprint density at radius 1 is 0.951 bits per heavy atom. The Kier molecular flexibility index (Phi) is 8.35. The largest absolute Gasteiger partial charge is 0.366 e. The number of nitrogens with zero attached hydrogens (tertiary/aromatic N) is 3. The fourth-order valence-electron chi connectivity index (χ4n) is 5.80. The van der Waals surface area contributed by atoms with Crippen LogP contribution in [-0.2, 0) is 17.9 Å². The van der Waals surface area contributed by atoms with Crippen LogP contribution in [0.3, 0.4) is 0 Å². The molecule has 5 aromatic rings. The number of benzene rings is 3. The van der Waals surface area contributed by atoms with Gasteiger partial charge < -0.3 is 10.6 Å². The van der Waals surface area contributed by atoms with Crippen molar-refractivity contribution in [3.05, 3.63) is 117 Å². The summed E-state index contributed by atoms with van der Waals surface area (Å²) < 4.78 is 2.58. The van der Waals surface area contributed by atoms with Gasteiger partial charge in [-0.25, -0.2) is 4.98 Å². The van der Waals surface area contributed by atoms with Crippen LogP contribution in [0.1, 0.15) is 48.3 Å². The van der Waals surface area contributed by atoms with Crippen molar-refractivity contribution < 1.29 is 4.79 Å². The summed E-state index contributed by atoms with van der Waals surface area (Å²) in [4.78, 5) is 18.2. The van der Waals surface area contributed by atoms with Crippen LogP contribution in [0, 0.1) is 5.92 Å². The number of carbonyl (C=O) groups excluding carboxylic acids is 1. The highest BCUT2D eigenvalue weighted by Crippen LogP contribution is 2.37. The SMILES string of the molecule is O=C(NCc1cccc(CNc2cc(-c3ccccc3Cl)nc3c(Br)cnn23)c1)C(c1ccccc1)C1CCCC1. The van der Waals surface area contributed by atoms with E-state index in [4.69, 9.17) is 16.6 Å². The van der Waals surface area contributed by atoms with E-state index in [1.165, 1.54) is 12.8 Å². The minimum Gasteiger partial charge on any atom is -0.366 e. The predicted octanol–water partition coefficient (Wildman–Crippen LogP) is 8.01. The summed E-state index contributed by atoms with van der Waals surface area (Å²) in [6.45, 7) is 1.07. The molecule has 0 saturated heterocycles. The summed E-state index contributed by atoms with van der Waals surface area (Å²) in [6, 6.07) is 28.2. The molecule has 41 heavy (non-hydrogen) atoms. The zero-order valence-corrected chi connectivity index (χ0v) is 24.9. The van der Waals surface area contributed by atoms with E-state index >= 15 is 0 Å². The fraction of sp³-hybridized carbons (Fsp3) is 0.242. The number of nitrogens with one attached hydrogen (secondary N) is 2. The highest BCUT2D eigenvalue weighted by Gasteiger charge is 2.31. The number of fused-ring (bicyclic) bond motifs is 1. The zero-order valence-electron chi connectivity index (χ0n) is 22.6. The van der Waals surface area contributed by atoms with E-state index < -0.39 is 0 Å². The molecule has 0 radical (unpaired) electrons. The molecule has 1 fully saturated rings. The standard InChI is InChI=1S/C33H31BrClN5O/c34-27-21-38-40-30(18-29(39-32(27)40)26-15-6-7-16-28(26)35)36-19-22-9-8-10-23(17-22)20-37-33(41)31(25-13-4-5-14-25)24-11-2-1-3-12-24/h1-3,6-12,15-18,21,25,31,36H,4-5,13-14,19-20H2,(H,37,41). The van der Waals surface area contributed by atoms with Gasteiger partial charge in [-0.15, -0.1) is 0 Å². The number of rotatable bonds is 9. The van der Waals surface area contributed by atoms with Crippen molar-refractivity contribution >= 4 is 44.9 Å². The lowest BCUT2D eigenvalue weighted by molar-refractivity contribution is -0.123. The maximum Gasteiger partial charge on any atom is 0.228 e. The van der Waals surface area contributed by atoms with Gasteiger partial charge in [0.25, 0.3) is 0 Å². The zero-order chi connectivity index (χ0) is 28.2. The number of hydrogen-bond acceptors (Lipinski definition) is 4. The molecular formula is C33H31BrClN5O. The predicted molar refractivity (Wildman–Crippen MR) is 168 cm³/mol. The lowest BCUT2D eigenvalue weighted by atomic mass is 9.84. The Bertz CT molecular complexity index is 1670. The Labute approximate surface area is 253 Å². The molecule has 1 atom stereocenters. The molecule has 208 valence electrons. The van der Waals surface area contributed by atoms with Gasteiger partial charge in [0, 0.05) is 29.7 Å². The first kappa shape index (κ1) is 27.5. The minimum atomic E-state index is -0.0987. The summed E-state index contributed by atoms with van der Waals surface area (Å²) in [6.07, 6.45) is 6.37. The Hall–Kier alpha value is -3.68. The van der Waals surface area contributed by atoms with Gasteiger partial charge in [0.05, 0.1) is 22.3 Å². The van der Waals surface area contributed by atoms with Crippen molar-refractivity contribution in [2.75, 3.05) is 5.32 Å². The summed E-state index contributed by atoms with van der Waals surface area (Å²) in [5, 5.41) is 11.9. The maximum atomic E-state index is 13.4.